The van der Waals surface area contributed by atoms with Crippen molar-refractivity contribution in [1.29, 1.82) is 0 Å². The maximum absolute atomic E-state index is 11.7. The van der Waals surface area contributed by atoms with E-state index in [0.29, 0.717) is 45.9 Å². The Morgan fingerprint density at radius 3 is 1.67 bits per heavy atom. The molecule has 0 rings (SSSR count). The summed E-state index contributed by atoms with van der Waals surface area (Å²) >= 11 is 0. The molecule has 0 spiro atoms. The van der Waals surface area contributed by atoms with Crippen molar-refractivity contribution in [1.82, 2.24) is 0 Å². The van der Waals surface area contributed by atoms with Crippen molar-refractivity contribution in [2.45, 2.75) is 117 Å². The normalized spacial score (nSPS) is 12.2. The van der Waals surface area contributed by atoms with Gasteiger partial charge in [-0.3, -0.25) is 4.79 Å². The van der Waals surface area contributed by atoms with Crippen LogP contribution in [-0.4, -0.2) is 51.7 Å². The predicted octanol–water partition coefficient (Wildman–Crippen LogP) is 6.47. The molecule has 180 valence electrons. The fourth-order valence-corrected chi connectivity index (χ4v) is 3.22. The summed E-state index contributed by atoms with van der Waals surface area (Å²) in [5, 5.41) is 0. The van der Waals surface area contributed by atoms with Gasteiger partial charge in [0.25, 0.3) is 0 Å². The summed E-state index contributed by atoms with van der Waals surface area (Å²) in [5.41, 5.74) is 0. The third-order valence-corrected chi connectivity index (χ3v) is 5.10. The fraction of sp³-hybridized carbons (Fsp3) is 0.960. The zero-order chi connectivity index (χ0) is 22.1. The molecule has 0 aromatic carbocycles. The average Bonchev–Trinajstić information content (AvgIpc) is 2.73. The highest BCUT2D eigenvalue weighted by Gasteiger charge is 2.08. The molecule has 0 saturated heterocycles. The first-order valence-corrected chi connectivity index (χ1v) is 12.6. The third-order valence-electron chi connectivity index (χ3n) is 5.10. The molecular formula is C25H50O5. The first-order chi connectivity index (χ1) is 14.7. The summed E-state index contributed by atoms with van der Waals surface area (Å²) in [4.78, 5) is 11.7. The fourth-order valence-electron chi connectivity index (χ4n) is 3.22. The molecular weight excluding hydrogens is 380 g/mol. The zero-order valence-electron chi connectivity index (χ0n) is 20.3. The molecule has 1 unspecified atom stereocenters. The van der Waals surface area contributed by atoms with Crippen molar-refractivity contribution in [3.05, 3.63) is 0 Å². The summed E-state index contributed by atoms with van der Waals surface area (Å²) in [6.45, 7) is 10.2. The quantitative estimate of drug-likeness (QED) is 0.130. The molecule has 5 heteroatoms. The number of rotatable bonds is 24. The highest BCUT2D eigenvalue weighted by molar-refractivity contribution is 5.69. The molecule has 1 atom stereocenters. The van der Waals surface area contributed by atoms with E-state index in [4.69, 9.17) is 18.9 Å². The minimum absolute atomic E-state index is 0.0242. The Morgan fingerprint density at radius 1 is 0.600 bits per heavy atom. The second-order valence-corrected chi connectivity index (χ2v) is 8.21. The van der Waals surface area contributed by atoms with Gasteiger partial charge in [0.05, 0.1) is 32.5 Å². The third kappa shape index (κ3) is 23.6. The molecule has 0 aliphatic rings. The van der Waals surface area contributed by atoms with E-state index in [1.807, 2.05) is 6.92 Å². The van der Waals surface area contributed by atoms with Crippen LogP contribution in [0.15, 0.2) is 0 Å². The lowest BCUT2D eigenvalue weighted by Crippen LogP contribution is -2.15. The highest BCUT2D eigenvalue weighted by atomic mass is 16.5. The molecule has 0 amide bonds. The topological polar surface area (TPSA) is 54.0 Å². The monoisotopic (exact) mass is 430 g/mol. The van der Waals surface area contributed by atoms with Gasteiger partial charge in [-0.2, -0.15) is 0 Å². The van der Waals surface area contributed by atoms with E-state index in [1.54, 1.807) is 0 Å². The van der Waals surface area contributed by atoms with E-state index in [1.165, 1.54) is 57.8 Å². The van der Waals surface area contributed by atoms with E-state index in [9.17, 15) is 4.79 Å². The molecule has 0 saturated carbocycles. The van der Waals surface area contributed by atoms with Gasteiger partial charge in [0.2, 0.25) is 0 Å². The molecule has 0 aromatic heterocycles. The van der Waals surface area contributed by atoms with Gasteiger partial charge in [0.15, 0.2) is 0 Å². The van der Waals surface area contributed by atoms with Gasteiger partial charge in [-0.05, 0) is 32.6 Å². The van der Waals surface area contributed by atoms with Crippen LogP contribution in [0.2, 0.25) is 0 Å². The lowest BCUT2D eigenvalue weighted by Gasteiger charge is -2.13. The summed E-state index contributed by atoms with van der Waals surface area (Å²) in [6.07, 6.45) is 16.2. The smallest absolute Gasteiger partial charge is 0.306 e. The summed E-state index contributed by atoms with van der Waals surface area (Å²) in [6, 6.07) is 0. The Labute approximate surface area is 186 Å². The van der Waals surface area contributed by atoms with Gasteiger partial charge in [-0.25, -0.2) is 0 Å². The average molecular weight is 431 g/mol. The summed E-state index contributed by atoms with van der Waals surface area (Å²) in [7, 11) is 0. The van der Waals surface area contributed by atoms with Gasteiger partial charge >= 0.3 is 5.97 Å². The number of carbonyl (C=O) groups is 1. The van der Waals surface area contributed by atoms with Gasteiger partial charge in [-0.15, -0.1) is 0 Å². The van der Waals surface area contributed by atoms with Crippen molar-refractivity contribution >= 4 is 5.97 Å². The number of esters is 1. The Kier molecular flexibility index (Phi) is 24.1. The largest absolute Gasteiger partial charge is 0.463 e. The Morgan fingerprint density at radius 2 is 1.07 bits per heavy atom. The predicted molar refractivity (Wildman–Crippen MR) is 124 cm³/mol. The van der Waals surface area contributed by atoms with Gasteiger partial charge in [0.1, 0.15) is 0 Å². The minimum Gasteiger partial charge on any atom is -0.463 e. The van der Waals surface area contributed by atoms with Crippen molar-refractivity contribution < 1.29 is 23.7 Å². The molecule has 0 aromatic rings. The van der Waals surface area contributed by atoms with E-state index in [2.05, 4.69) is 13.8 Å². The number of carbonyl (C=O) groups excluding carboxylic acids is 1. The molecule has 0 radical (unpaired) electrons. The van der Waals surface area contributed by atoms with Crippen LogP contribution in [0.4, 0.5) is 0 Å². The maximum atomic E-state index is 11.7. The Balaban J connectivity index is 3.18. The lowest BCUT2D eigenvalue weighted by molar-refractivity contribution is -0.149. The number of ether oxygens (including phenoxy) is 4. The van der Waals surface area contributed by atoms with Gasteiger partial charge < -0.3 is 18.9 Å². The lowest BCUT2D eigenvalue weighted by atomic mass is 10.1. The highest BCUT2D eigenvalue weighted by Crippen LogP contribution is 2.09. The van der Waals surface area contributed by atoms with E-state index >= 15 is 0 Å². The first kappa shape index (κ1) is 29.4. The minimum atomic E-state index is -0.118. The molecule has 0 N–H and O–H groups in total. The first-order valence-electron chi connectivity index (χ1n) is 12.6. The zero-order valence-corrected chi connectivity index (χ0v) is 20.3. The van der Waals surface area contributed by atoms with Crippen molar-refractivity contribution in [3.8, 4) is 0 Å². The Bertz CT molecular complexity index is 348. The van der Waals surface area contributed by atoms with Crippen LogP contribution in [0.25, 0.3) is 0 Å². The second kappa shape index (κ2) is 24.6. The van der Waals surface area contributed by atoms with E-state index in [0.717, 1.165) is 25.9 Å². The van der Waals surface area contributed by atoms with Crippen molar-refractivity contribution in [2.24, 2.45) is 0 Å². The van der Waals surface area contributed by atoms with Crippen LogP contribution in [0, 0.1) is 0 Å². The molecule has 0 bridgehead atoms. The standard InChI is InChI=1S/C25H50O5/c1-4-6-8-9-10-11-12-14-18-27-20-22-29-23-21-28-19-15-17-25(26)30-24(3)16-13-7-5-2/h24H,4-23H2,1-3H3. The summed E-state index contributed by atoms with van der Waals surface area (Å²) < 4.78 is 22.0. The molecule has 0 fully saturated rings. The van der Waals surface area contributed by atoms with Gasteiger partial charge in [0, 0.05) is 19.6 Å². The van der Waals surface area contributed by atoms with Crippen LogP contribution in [0.1, 0.15) is 111 Å². The van der Waals surface area contributed by atoms with E-state index < -0.39 is 0 Å². The Hall–Kier alpha value is -0.650. The molecule has 0 aliphatic heterocycles. The van der Waals surface area contributed by atoms with Crippen LogP contribution in [-0.2, 0) is 23.7 Å². The SMILES string of the molecule is CCCCCCCCCCOCCOCCOCCCC(=O)OC(C)CCCCC. The van der Waals surface area contributed by atoms with Crippen LogP contribution in [0.3, 0.4) is 0 Å². The van der Waals surface area contributed by atoms with Crippen molar-refractivity contribution in [2.75, 3.05) is 39.6 Å². The van der Waals surface area contributed by atoms with Crippen LogP contribution >= 0.6 is 0 Å². The molecule has 30 heavy (non-hydrogen) atoms. The molecule has 5 nitrogen and oxygen atoms in total. The summed E-state index contributed by atoms with van der Waals surface area (Å²) in [5.74, 6) is -0.118. The number of unbranched alkanes of at least 4 members (excludes halogenated alkanes) is 9. The number of hydrogen-bond donors (Lipinski definition) is 0. The van der Waals surface area contributed by atoms with Gasteiger partial charge in [-0.1, -0.05) is 71.6 Å². The van der Waals surface area contributed by atoms with Crippen molar-refractivity contribution in [3.63, 3.8) is 0 Å². The number of hydrogen-bond acceptors (Lipinski definition) is 5. The second-order valence-electron chi connectivity index (χ2n) is 8.21. The van der Waals surface area contributed by atoms with E-state index in [-0.39, 0.29) is 12.1 Å². The molecule has 0 aliphatic carbocycles. The van der Waals surface area contributed by atoms with Crippen LogP contribution in [0.5, 0.6) is 0 Å². The van der Waals surface area contributed by atoms with Crippen LogP contribution < -0.4 is 0 Å². The molecule has 0 heterocycles. The maximum Gasteiger partial charge on any atom is 0.306 e.